The van der Waals surface area contributed by atoms with E-state index in [0.717, 1.165) is 5.56 Å². The van der Waals surface area contributed by atoms with Crippen molar-refractivity contribution in [3.63, 3.8) is 0 Å². The molecule has 0 fully saturated rings. The van der Waals surface area contributed by atoms with Crippen LogP contribution in [0.1, 0.15) is 11.4 Å². The van der Waals surface area contributed by atoms with E-state index in [0.29, 0.717) is 18.2 Å². The Balaban J connectivity index is 2.08. The SMILES string of the molecule is Cc1nc(NCc2ccoc2)cc(=O)[nH]1. The van der Waals surface area contributed by atoms with Gasteiger partial charge in [-0.05, 0) is 13.0 Å². The van der Waals surface area contributed by atoms with E-state index in [1.54, 1.807) is 19.5 Å². The highest BCUT2D eigenvalue weighted by atomic mass is 16.3. The van der Waals surface area contributed by atoms with Crippen molar-refractivity contribution < 1.29 is 4.42 Å². The highest BCUT2D eigenvalue weighted by molar-refractivity contribution is 5.33. The number of rotatable bonds is 3. The van der Waals surface area contributed by atoms with Crippen molar-refractivity contribution in [3.05, 3.63) is 46.4 Å². The van der Waals surface area contributed by atoms with Crippen LogP contribution in [0.4, 0.5) is 5.82 Å². The molecule has 0 aliphatic heterocycles. The number of hydrogen-bond acceptors (Lipinski definition) is 4. The van der Waals surface area contributed by atoms with E-state index in [1.165, 1.54) is 6.07 Å². The molecule has 0 atom stereocenters. The van der Waals surface area contributed by atoms with Gasteiger partial charge in [0.2, 0.25) is 0 Å². The minimum atomic E-state index is -0.155. The first kappa shape index (κ1) is 9.51. The molecular weight excluding hydrogens is 194 g/mol. The lowest BCUT2D eigenvalue weighted by atomic mass is 10.3. The van der Waals surface area contributed by atoms with Gasteiger partial charge in [0.05, 0.1) is 12.5 Å². The first-order valence-corrected chi connectivity index (χ1v) is 4.57. The molecule has 5 heteroatoms. The highest BCUT2D eigenvalue weighted by Crippen LogP contribution is 2.04. The van der Waals surface area contributed by atoms with E-state index in [2.05, 4.69) is 15.3 Å². The monoisotopic (exact) mass is 205 g/mol. The summed E-state index contributed by atoms with van der Waals surface area (Å²) in [5.41, 5.74) is 0.854. The Kier molecular flexibility index (Phi) is 2.53. The van der Waals surface area contributed by atoms with Crippen molar-refractivity contribution >= 4 is 5.82 Å². The smallest absolute Gasteiger partial charge is 0.252 e. The molecule has 0 unspecified atom stereocenters. The summed E-state index contributed by atoms with van der Waals surface area (Å²) in [5.74, 6) is 1.16. The minimum absolute atomic E-state index is 0.155. The largest absolute Gasteiger partial charge is 0.472 e. The first-order chi connectivity index (χ1) is 7.24. The van der Waals surface area contributed by atoms with Crippen LogP contribution in [0, 0.1) is 6.92 Å². The zero-order valence-electron chi connectivity index (χ0n) is 8.28. The molecule has 0 spiro atoms. The molecule has 0 amide bonds. The third-order valence-electron chi connectivity index (χ3n) is 1.91. The van der Waals surface area contributed by atoms with Gasteiger partial charge < -0.3 is 14.7 Å². The van der Waals surface area contributed by atoms with Crippen molar-refractivity contribution in [2.24, 2.45) is 0 Å². The van der Waals surface area contributed by atoms with Crippen molar-refractivity contribution in [2.45, 2.75) is 13.5 Å². The molecule has 0 aliphatic carbocycles. The third-order valence-corrected chi connectivity index (χ3v) is 1.91. The zero-order chi connectivity index (χ0) is 10.7. The number of nitrogens with zero attached hydrogens (tertiary/aromatic N) is 1. The van der Waals surface area contributed by atoms with Gasteiger partial charge in [-0.15, -0.1) is 0 Å². The molecule has 78 valence electrons. The fourth-order valence-corrected chi connectivity index (χ4v) is 1.26. The van der Waals surface area contributed by atoms with Gasteiger partial charge >= 0.3 is 0 Å². The number of aromatic nitrogens is 2. The number of anilines is 1. The van der Waals surface area contributed by atoms with E-state index >= 15 is 0 Å². The summed E-state index contributed by atoms with van der Waals surface area (Å²) in [6.45, 7) is 2.33. The molecule has 2 rings (SSSR count). The Hall–Kier alpha value is -2.04. The Morgan fingerprint density at radius 1 is 1.60 bits per heavy atom. The van der Waals surface area contributed by atoms with Gasteiger partial charge in [-0.3, -0.25) is 4.79 Å². The molecule has 2 N–H and O–H groups in total. The van der Waals surface area contributed by atoms with Gasteiger partial charge in [0.15, 0.2) is 0 Å². The molecule has 0 saturated carbocycles. The second kappa shape index (κ2) is 4.00. The maximum atomic E-state index is 11.1. The number of aromatic amines is 1. The average Bonchev–Trinajstić information content (AvgIpc) is 2.65. The summed E-state index contributed by atoms with van der Waals surface area (Å²) < 4.78 is 4.92. The summed E-state index contributed by atoms with van der Waals surface area (Å²) in [4.78, 5) is 17.8. The molecule has 2 aromatic rings. The average molecular weight is 205 g/mol. The normalized spacial score (nSPS) is 10.2. The maximum Gasteiger partial charge on any atom is 0.252 e. The molecular formula is C10H11N3O2. The summed E-state index contributed by atoms with van der Waals surface area (Å²) in [5, 5.41) is 3.04. The van der Waals surface area contributed by atoms with Crippen LogP contribution in [0.15, 0.2) is 33.9 Å². The quantitative estimate of drug-likeness (QED) is 0.791. The Morgan fingerprint density at radius 2 is 2.47 bits per heavy atom. The van der Waals surface area contributed by atoms with Crippen LogP contribution >= 0.6 is 0 Å². The standard InChI is InChI=1S/C10H11N3O2/c1-7-12-9(4-10(14)13-7)11-5-8-2-3-15-6-8/h2-4,6H,5H2,1H3,(H2,11,12,13,14). The first-order valence-electron chi connectivity index (χ1n) is 4.57. The fourth-order valence-electron chi connectivity index (χ4n) is 1.26. The van der Waals surface area contributed by atoms with Crippen molar-refractivity contribution in [1.29, 1.82) is 0 Å². The summed E-state index contributed by atoms with van der Waals surface area (Å²) in [7, 11) is 0. The van der Waals surface area contributed by atoms with Crippen LogP contribution < -0.4 is 10.9 Å². The van der Waals surface area contributed by atoms with Crippen LogP contribution in [0.3, 0.4) is 0 Å². The number of aryl methyl sites for hydroxylation is 1. The summed E-state index contributed by atoms with van der Waals surface area (Å²) in [6.07, 6.45) is 3.25. The lowest BCUT2D eigenvalue weighted by Gasteiger charge is -2.03. The Labute approximate surface area is 86.2 Å². The fraction of sp³-hybridized carbons (Fsp3) is 0.200. The van der Waals surface area contributed by atoms with E-state index in [1.807, 2.05) is 6.07 Å². The van der Waals surface area contributed by atoms with Crippen LogP contribution in [0.25, 0.3) is 0 Å². The molecule has 0 aliphatic rings. The Bertz CT molecular complexity index is 488. The van der Waals surface area contributed by atoms with E-state index in [9.17, 15) is 4.79 Å². The number of furan rings is 1. The molecule has 2 heterocycles. The molecule has 2 aromatic heterocycles. The highest BCUT2D eigenvalue weighted by Gasteiger charge is 1.98. The minimum Gasteiger partial charge on any atom is -0.472 e. The lowest BCUT2D eigenvalue weighted by molar-refractivity contribution is 0.564. The van der Waals surface area contributed by atoms with Gasteiger partial charge in [-0.1, -0.05) is 0 Å². The maximum absolute atomic E-state index is 11.1. The van der Waals surface area contributed by atoms with Gasteiger partial charge in [0, 0.05) is 18.2 Å². The van der Waals surface area contributed by atoms with Gasteiger partial charge in [0.1, 0.15) is 11.6 Å². The predicted octanol–water partition coefficient (Wildman–Crippen LogP) is 1.28. The second-order valence-electron chi connectivity index (χ2n) is 3.20. The van der Waals surface area contributed by atoms with E-state index in [4.69, 9.17) is 4.42 Å². The van der Waals surface area contributed by atoms with Gasteiger partial charge in [-0.25, -0.2) is 4.98 Å². The number of H-pyrrole nitrogens is 1. The predicted molar refractivity (Wildman–Crippen MR) is 55.6 cm³/mol. The number of hydrogen-bond donors (Lipinski definition) is 2. The molecule has 15 heavy (non-hydrogen) atoms. The van der Waals surface area contributed by atoms with Crippen molar-refractivity contribution in [2.75, 3.05) is 5.32 Å². The zero-order valence-corrected chi connectivity index (χ0v) is 8.28. The number of nitrogens with one attached hydrogen (secondary N) is 2. The third kappa shape index (κ3) is 2.46. The van der Waals surface area contributed by atoms with E-state index in [-0.39, 0.29) is 5.56 Å². The molecule has 0 radical (unpaired) electrons. The van der Waals surface area contributed by atoms with Crippen LogP contribution in [0.2, 0.25) is 0 Å². The van der Waals surface area contributed by atoms with Gasteiger partial charge in [0.25, 0.3) is 5.56 Å². The molecule has 0 aromatic carbocycles. The molecule has 0 bridgehead atoms. The van der Waals surface area contributed by atoms with Gasteiger partial charge in [-0.2, -0.15) is 0 Å². The lowest BCUT2D eigenvalue weighted by Crippen LogP contribution is -2.11. The van der Waals surface area contributed by atoms with Crippen molar-refractivity contribution in [3.8, 4) is 0 Å². The van der Waals surface area contributed by atoms with Crippen molar-refractivity contribution in [1.82, 2.24) is 9.97 Å². The Morgan fingerprint density at radius 3 is 3.13 bits per heavy atom. The van der Waals surface area contributed by atoms with E-state index < -0.39 is 0 Å². The van der Waals surface area contributed by atoms with Crippen LogP contribution in [0.5, 0.6) is 0 Å². The summed E-state index contributed by atoms with van der Waals surface area (Å²) >= 11 is 0. The molecule has 0 saturated heterocycles. The second-order valence-corrected chi connectivity index (χ2v) is 3.20. The van der Waals surface area contributed by atoms with Crippen LogP contribution in [-0.2, 0) is 6.54 Å². The summed E-state index contributed by atoms with van der Waals surface area (Å²) in [6, 6.07) is 3.28. The molecule has 5 nitrogen and oxygen atoms in total. The van der Waals surface area contributed by atoms with Crippen LogP contribution in [-0.4, -0.2) is 9.97 Å². The topological polar surface area (TPSA) is 70.9 Å².